The fourth-order valence-corrected chi connectivity index (χ4v) is 5.55. The number of methoxy groups -OCH3 is 2. The summed E-state index contributed by atoms with van der Waals surface area (Å²) in [5, 5.41) is 14.7. The van der Waals surface area contributed by atoms with Crippen LogP contribution in [0, 0.1) is 0 Å². The number of carbonyl (C=O) groups is 2. The summed E-state index contributed by atoms with van der Waals surface area (Å²) in [6, 6.07) is 3.63. The molecule has 1 saturated heterocycles. The highest BCUT2D eigenvalue weighted by molar-refractivity contribution is 5.70. The molecule has 4 rings (SSSR count). The lowest BCUT2D eigenvalue weighted by atomic mass is 9.54. The second-order valence-corrected chi connectivity index (χ2v) is 8.01. The Labute approximate surface area is 175 Å². The van der Waals surface area contributed by atoms with E-state index < -0.39 is 29.6 Å². The Hall–Kier alpha value is -2.74. The number of hydrogen-bond donors (Lipinski definition) is 2. The minimum atomic E-state index is -0.891. The number of phenolic OH excluding ortho intramolecular Hbond substituents is 1. The summed E-state index contributed by atoms with van der Waals surface area (Å²) in [6.45, 7) is 3.31. The standard InChI is InChI=1S/C22H27NO7/c1-11(24)29-17-10-16(28-4)19-14-9-13-5-6-15(27-3)20(26)18(13)22(19,7-8-23-14)21(17)30-12(2)25/h5-6,14,17,21,23,26H,7-10H2,1-4H3. The number of phenols is 1. The van der Waals surface area contributed by atoms with E-state index in [4.69, 9.17) is 18.9 Å². The van der Waals surface area contributed by atoms with Crippen molar-refractivity contribution < 1.29 is 33.6 Å². The molecule has 162 valence electrons. The van der Waals surface area contributed by atoms with E-state index in [9.17, 15) is 14.7 Å². The smallest absolute Gasteiger partial charge is 0.303 e. The first-order valence-electron chi connectivity index (χ1n) is 10.1. The highest BCUT2D eigenvalue weighted by Gasteiger charge is 2.61. The third kappa shape index (κ3) is 2.93. The van der Waals surface area contributed by atoms with Crippen LogP contribution in [0.3, 0.4) is 0 Å². The molecule has 1 heterocycles. The van der Waals surface area contributed by atoms with Crippen LogP contribution < -0.4 is 10.1 Å². The van der Waals surface area contributed by atoms with E-state index in [0.29, 0.717) is 42.9 Å². The number of carbonyl (C=O) groups excluding carboxylic acids is 2. The third-order valence-electron chi connectivity index (χ3n) is 6.42. The van der Waals surface area contributed by atoms with Crippen LogP contribution in [0.15, 0.2) is 23.5 Å². The number of piperidine rings is 1. The lowest BCUT2D eigenvalue weighted by Gasteiger charge is -2.56. The zero-order chi connectivity index (χ0) is 21.6. The summed E-state index contributed by atoms with van der Waals surface area (Å²) in [4.78, 5) is 24.0. The monoisotopic (exact) mass is 417 g/mol. The van der Waals surface area contributed by atoms with Crippen molar-refractivity contribution in [1.82, 2.24) is 5.32 Å². The van der Waals surface area contributed by atoms with E-state index in [0.717, 1.165) is 11.1 Å². The maximum atomic E-state index is 12.1. The molecule has 30 heavy (non-hydrogen) atoms. The van der Waals surface area contributed by atoms with Crippen LogP contribution in [0.5, 0.6) is 11.5 Å². The van der Waals surface area contributed by atoms with E-state index in [1.54, 1.807) is 13.2 Å². The average Bonchev–Trinajstić information content (AvgIpc) is 2.68. The van der Waals surface area contributed by atoms with Crippen molar-refractivity contribution in [2.24, 2.45) is 0 Å². The third-order valence-corrected chi connectivity index (χ3v) is 6.42. The average molecular weight is 417 g/mol. The van der Waals surface area contributed by atoms with Gasteiger partial charge < -0.3 is 29.4 Å². The molecule has 2 bridgehead atoms. The topological polar surface area (TPSA) is 103 Å². The Kier molecular flexibility index (Phi) is 5.13. The van der Waals surface area contributed by atoms with Crippen LogP contribution in [-0.2, 0) is 35.6 Å². The number of aromatic hydroxyl groups is 1. The van der Waals surface area contributed by atoms with Gasteiger partial charge in [0, 0.05) is 31.9 Å². The summed E-state index contributed by atoms with van der Waals surface area (Å²) < 4.78 is 22.6. The molecular formula is C22H27NO7. The van der Waals surface area contributed by atoms with Crippen molar-refractivity contribution in [3.05, 3.63) is 34.6 Å². The minimum absolute atomic E-state index is 0.0175. The van der Waals surface area contributed by atoms with Gasteiger partial charge in [0.1, 0.15) is 11.9 Å². The molecule has 1 aromatic rings. The maximum Gasteiger partial charge on any atom is 0.303 e. The molecule has 0 aromatic heterocycles. The summed E-state index contributed by atoms with van der Waals surface area (Å²) in [6.07, 6.45) is -0.0461. The Balaban J connectivity index is 2.04. The molecule has 2 aliphatic carbocycles. The van der Waals surface area contributed by atoms with Crippen molar-refractivity contribution in [3.63, 3.8) is 0 Å². The van der Waals surface area contributed by atoms with Crippen LogP contribution in [0.4, 0.5) is 0 Å². The molecule has 8 nitrogen and oxygen atoms in total. The van der Waals surface area contributed by atoms with Crippen molar-refractivity contribution in [1.29, 1.82) is 0 Å². The molecule has 4 unspecified atom stereocenters. The lowest BCUT2D eigenvalue weighted by Crippen LogP contribution is -2.64. The first kappa shape index (κ1) is 20.5. The van der Waals surface area contributed by atoms with E-state index in [-0.39, 0.29) is 11.8 Å². The number of hydrogen-bond acceptors (Lipinski definition) is 8. The van der Waals surface area contributed by atoms with Gasteiger partial charge in [-0.15, -0.1) is 0 Å². The van der Waals surface area contributed by atoms with Crippen molar-refractivity contribution in [2.75, 3.05) is 20.8 Å². The molecule has 0 spiro atoms. The first-order valence-corrected chi connectivity index (χ1v) is 10.1. The van der Waals surface area contributed by atoms with Gasteiger partial charge in [-0.2, -0.15) is 0 Å². The number of fused-ring (bicyclic) bond motifs is 1. The van der Waals surface area contributed by atoms with Gasteiger partial charge in [-0.1, -0.05) is 6.07 Å². The molecular weight excluding hydrogens is 390 g/mol. The summed E-state index contributed by atoms with van der Waals surface area (Å²) >= 11 is 0. The second-order valence-electron chi connectivity index (χ2n) is 8.01. The van der Waals surface area contributed by atoms with E-state index in [2.05, 4.69) is 5.32 Å². The fraction of sp³-hybridized carbons (Fsp3) is 0.545. The van der Waals surface area contributed by atoms with Crippen molar-refractivity contribution in [3.8, 4) is 11.5 Å². The van der Waals surface area contributed by atoms with E-state index in [1.165, 1.54) is 21.0 Å². The molecule has 8 heteroatoms. The molecule has 0 radical (unpaired) electrons. The zero-order valence-corrected chi connectivity index (χ0v) is 17.6. The first-order chi connectivity index (χ1) is 14.3. The van der Waals surface area contributed by atoms with Gasteiger partial charge in [-0.25, -0.2) is 0 Å². The number of nitrogens with one attached hydrogen (secondary N) is 1. The SMILES string of the molecule is COC1=C2C3Cc4ccc(OC)c(O)c4C2(CCN3)C(OC(C)=O)C(OC(C)=O)C1. The van der Waals surface area contributed by atoms with Crippen molar-refractivity contribution in [2.45, 2.75) is 56.8 Å². The Morgan fingerprint density at radius 3 is 2.47 bits per heavy atom. The van der Waals surface area contributed by atoms with Crippen LogP contribution in [-0.4, -0.2) is 56.1 Å². The van der Waals surface area contributed by atoms with Gasteiger partial charge in [0.05, 0.1) is 19.6 Å². The number of benzene rings is 1. The number of rotatable bonds is 4. The van der Waals surface area contributed by atoms with Crippen LogP contribution in [0.1, 0.15) is 37.8 Å². The second kappa shape index (κ2) is 7.50. The Morgan fingerprint density at radius 1 is 1.10 bits per heavy atom. The Bertz CT molecular complexity index is 924. The minimum Gasteiger partial charge on any atom is -0.504 e. The fourth-order valence-electron chi connectivity index (χ4n) is 5.55. The molecule has 2 N–H and O–H groups in total. The molecule has 1 aromatic carbocycles. The van der Waals surface area contributed by atoms with Crippen LogP contribution >= 0.6 is 0 Å². The molecule has 0 saturated carbocycles. The predicted molar refractivity (Wildman–Crippen MR) is 106 cm³/mol. The summed E-state index contributed by atoms with van der Waals surface area (Å²) in [5.74, 6) is 0.105. The normalized spacial score (nSPS) is 29.4. The Morgan fingerprint density at radius 2 is 1.83 bits per heavy atom. The van der Waals surface area contributed by atoms with Gasteiger partial charge in [-0.3, -0.25) is 9.59 Å². The number of ether oxygens (including phenoxy) is 4. The molecule has 1 fully saturated rings. The molecule has 4 atom stereocenters. The summed E-state index contributed by atoms with van der Waals surface area (Å²) in [5.41, 5.74) is 1.65. The highest BCUT2D eigenvalue weighted by atomic mass is 16.6. The van der Waals surface area contributed by atoms with Crippen molar-refractivity contribution >= 4 is 11.9 Å². The lowest BCUT2D eigenvalue weighted by molar-refractivity contribution is -0.174. The van der Waals surface area contributed by atoms with Gasteiger partial charge in [-0.05, 0) is 36.6 Å². The van der Waals surface area contributed by atoms with Crippen LogP contribution in [0.25, 0.3) is 0 Å². The molecule has 1 aliphatic heterocycles. The van der Waals surface area contributed by atoms with Crippen LogP contribution in [0.2, 0.25) is 0 Å². The number of esters is 2. The molecule has 0 amide bonds. The zero-order valence-electron chi connectivity index (χ0n) is 17.6. The van der Waals surface area contributed by atoms with Gasteiger partial charge in [0.2, 0.25) is 0 Å². The van der Waals surface area contributed by atoms with E-state index in [1.807, 2.05) is 6.07 Å². The highest BCUT2D eigenvalue weighted by Crippen LogP contribution is 2.58. The van der Waals surface area contributed by atoms with E-state index >= 15 is 0 Å². The molecule has 3 aliphatic rings. The largest absolute Gasteiger partial charge is 0.504 e. The maximum absolute atomic E-state index is 12.1. The van der Waals surface area contributed by atoms with Gasteiger partial charge in [0.15, 0.2) is 17.6 Å². The summed E-state index contributed by atoms with van der Waals surface area (Å²) in [7, 11) is 3.08. The van der Waals surface area contributed by atoms with Gasteiger partial charge >= 0.3 is 11.9 Å². The predicted octanol–water partition coefficient (Wildman–Crippen LogP) is 1.72. The quantitative estimate of drug-likeness (QED) is 0.714. The van der Waals surface area contributed by atoms with Gasteiger partial charge in [0.25, 0.3) is 0 Å².